The van der Waals surface area contributed by atoms with Crippen LogP contribution in [0.1, 0.15) is 6.42 Å². The molecule has 0 radical (unpaired) electrons. The first-order chi connectivity index (χ1) is 2.89. The summed E-state index contributed by atoms with van der Waals surface area (Å²) < 4.78 is 0. The third-order valence-electron chi connectivity index (χ3n) is 0.641. The van der Waals surface area contributed by atoms with Gasteiger partial charge in [-0.25, -0.2) is 0 Å². The van der Waals surface area contributed by atoms with E-state index in [9.17, 15) is 0 Å². The number of rotatable bonds is 0. The average molecular weight is 118 g/mol. The lowest BCUT2D eigenvalue weighted by Crippen LogP contribution is -1.61. The number of hydrogen-bond acceptors (Lipinski definition) is 2. The van der Waals surface area contributed by atoms with Crippen LogP contribution < -0.4 is 0 Å². The highest BCUT2D eigenvalue weighted by Crippen LogP contribution is 2.39. The molecule has 6 heavy (non-hydrogen) atoms. The van der Waals surface area contributed by atoms with Gasteiger partial charge in [0.2, 0.25) is 0 Å². The van der Waals surface area contributed by atoms with Crippen LogP contribution in [0.15, 0.2) is 11.5 Å². The molecule has 0 nitrogen and oxygen atoms in total. The molecule has 1 aliphatic heterocycles. The second-order valence-corrected chi connectivity index (χ2v) is 3.79. The van der Waals surface area contributed by atoms with Gasteiger partial charge in [-0.05, 0) is 11.3 Å². The predicted molar refractivity (Wildman–Crippen MR) is 33.8 cm³/mol. The Morgan fingerprint density at radius 1 is 1.67 bits per heavy atom. The van der Waals surface area contributed by atoms with Crippen molar-refractivity contribution in [2.75, 3.05) is 5.75 Å². The Morgan fingerprint density at radius 3 is 2.67 bits per heavy atom. The Hall–Kier alpha value is 0.440. The zero-order valence-electron chi connectivity index (χ0n) is 3.44. The first-order valence-electron chi connectivity index (χ1n) is 1.87. The summed E-state index contributed by atoms with van der Waals surface area (Å²) in [6.07, 6.45) is 1.22. The molecule has 1 rings (SSSR count). The first-order valence-corrected chi connectivity index (χ1v) is 4.19. The van der Waals surface area contributed by atoms with E-state index in [1.54, 1.807) is 0 Å². The zero-order valence-corrected chi connectivity index (χ0v) is 5.07. The molecule has 0 atom stereocenters. The summed E-state index contributed by atoms with van der Waals surface area (Å²) >= 11 is 0. The second-order valence-electron chi connectivity index (χ2n) is 1.19. The van der Waals surface area contributed by atoms with E-state index in [0.717, 1.165) is 0 Å². The normalized spacial score (nSPS) is 22.3. The smallest absolute Gasteiger partial charge is 0.00859 e. The molecule has 1 heterocycles. The molecule has 0 aromatic heterocycles. The summed E-state index contributed by atoms with van der Waals surface area (Å²) in [6, 6.07) is 0. The Morgan fingerprint density at radius 2 is 2.50 bits per heavy atom. The van der Waals surface area contributed by atoms with Crippen LogP contribution >= 0.6 is 21.6 Å². The molecule has 0 spiro atoms. The fourth-order valence-corrected chi connectivity index (χ4v) is 2.47. The van der Waals surface area contributed by atoms with E-state index in [1.807, 2.05) is 21.6 Å². The van der Waals surface area contributed by atoms with E-state index in [4.69, 9.17) is 0 Å². The van der Waals surface area contributed by atoms with Crippen molar-refractivity contribution in [1.82, 2.24) is 0 Å². The van der Waals surface area contributed by atoms with Crippen molar-refractivity contribution < 1.29 is 0 Å². The molecule has 0 aromatic rings. The maximum Gasteiger partial charge on any atom is 0.00859 e. The predicted octanol–water partition coefficient (Wildman–Crippen LogP) is 2.29. The van der Waals surface area contributed by atoms with Gasteiger partial charge in [-0.1, -0.05) is 28.2 Å². The summed E-state index contributed by atoms with van der Waals surface area (Å²) in [5.74, 6) is 1.27. The zero-order chi connectivity index (χ0) is 4.41. The minimum atomic E-state index is 1.22. The van der Waals surface area contributed by atoms with Crippen LogP contribution in [-0.4, -0.2) is 5.75 Å². The van der Waals surface area contributed by atoms with E-state index in [0.29, 0.717) is 0 Å². The minimum Gasteiger partial charge on any atom is -0.0889 e. The highest BCUT2D eigenvalue weighted by molar-refractivity contribution is 8.78. The Bertz CT molecular complexity index is 59.9. The van der Waals surface area contributed by atoms with Gasteiger partial charge >= 0.3 is 0 Å². The van der Waals surface area contributed by atoms with Gasteiger partial charge in [-0.15, -0.1) is 0 Å². The molecule has 0 aromatic carbocycles. The fourth-order valence-electron chi connectivity index (χ4n) is 0.322. The van der Waals surface area contributed by atoms with E-state index in [-0.39, 0.29) is 0 Å². The molecule has 2 heteroatoms. The molecule has 1 fully saturated rings. The van der Waals surface area contributed by atoms with Gasteiger partial charge in [0.05, 0.1) is 0 Å². The third-order valence-corrected chi connectivity index (χ3v) is 3.13. The lowest BCUT2D eigenvalue weighted by Gasteiger charge is -1.77. The van der Waals surface area contributed by atoms with Crippen LogP contribution in [0.25, 0.3) is 0 Å². The molecule has 0 aliphatic carbocycles. The lowest BCUT2D eigenvalue weighted by molar-refractivity contribution is 1.25. The molecular weight excluding hydrogens is 112 g/mol. The maximum absolute atomic E-state index is 3.80. The van der Waals surface area contributed by atoms with Crippen molar-refractivity contribution in [1.29, 1.82) is 0 Å². The van der Waals surface area contributed by atoms with Gasteiger partial charge in [-0.3, -0.25) is 0 Å². The first kappa shape index (κ1) is 4.60. The Labute approximate surface area is 45.8 Å². The minimum absolute atomic E-state index is 1.22. The summed E-state index contributed by atoms with van der Waals surface area (Å²) in [7, 11) is 3.72. The van der Waals surface area contributed by atoms with Gasteiger partial charge in [0, 0.05) is 5.75 Å². The van der Waals surface area contributed by atoms with Crippen LogP contribution in [0.5, 0.6) is 0 Å². The number of allylic oxidation sites excluding steroid dienone is 1. The van der Waals surface area contributed by atoms with Crippen molar-refractivity contribution in [3.63, 3.8) is 0 Å². The topological polar surface area (TPSA) is 0 Å². The van der Waals surface area contributed by atoms with Crippen molar-refractivity contribution in [3.05, 3.63) is 11.5 Å². The van der Waals surface area contributed by atoms with Gasteiger partial charge in [-0.2, -0.15) is 0 Å². The van der Waals surface area contributed by atoms with E-state index >= 15 is 0 Å². The Kier molecular flexibility index (Phi) is 1.48. The molecule has 0 saturated carbocycles. The highest BCUT2D eigenvalue weighted by Gasteiger charge is 2.02. The standard InChI is InChI=1S/C4H6S2/c1-4-2-3-5-6-4/h1-3H2. The third kappa shape index (κ3) is 0.949. The van der Waals surface area contributed by atoms with Crippen LogP contribution in [0, 0.1) is 0 Å². The summed E-state index contributed by atoms with van der Waals surface area (Å²) in [5, 5.41) is 0. The average Bonchev–Trinajstić information content (AvgIpc) is 1.86. The largest absolute Gasteiger partial charge is 0.0889 e. The van der Waals surface area contributed by atoms with Crippen LogP contribution in [0.2, 0.25) is 0 Å². The van der Waals surface area contributed by atoms with E-state index in [1.165, 1.54) is 17.1 Å². The van der Waals surface area contributed by atoms with Crippen LogP contribution in [0.3, 0.4) is 0 Å². The maximum atomic E-state index is 3.80. The van der Waals surface area contributed by atoms with Crippen LogP contribution in [0.4, 0.5) is 0 Å². The molecule has 1 saturated heterocycles. The van der Waals surface area contributed by atoms with E-state index in [2.05, 4.69) is 6.58 Å². The number of hydrogen-bond donors (Lipinski definition) is 0. The molecule has 1 aliphatic rings. The van der Waals surface area contributed by atoms with Crippen molar-refractivity contribution >= 4 is 21.6 Å². The quantitative estimate of drug-likeness (QED) is 0.447. The summed E-state index contributed by atoms with van der Waals surface area (Å²) in [6.45, 7) is 3.80. The molecule has 0 bridgehead atoms. The van der Waals surface area contributed by atoms with Crippen molar-refractivity contribution in [3.8, 4) is 0 Å². The molecular formula is C4H6S2. The molecule has 34 valence electrons. The van der Waals surface area contributed by atoms with Gasteiger partial charge in [0.1, 0.15) is 0 Å². The van der Waals surface area contributed by atoms with Crippen LogP contribution in [-0.2, 0) is 0 Å². The lowest BCUT2D eigenvalue weighted by atomic mass is 10.5. The molecule has 0 unspecified atom stereocenters. The van der Waals surface area contributed by atoms with Gasteiger partial charge in [0.25, 0.3) is 0 Å². The molecule has 0 amide bonds. The van der Waals surface area contributed by atoms with Crippen molar-refractivity contribution in [2.45, 2.75) is 6.42 Å². The van der Waals surface area contributed by atoms with E-state index < -0.39 is 0 Å². The van der Waals surface area contributed by atoms with Crippen molar-refractivity contribution in [2.24, 2.45) is 0 Å². The summed E-state index contributed by atoms with van der Waals surface area (Å²) in [5.41, 5.74) is 0. The Balaban J connectivity index is 2.37. The molecule has 0 N–H and O–H groups in total. The second kappa shape index (κ2) is 1.94. The summed E-state index contributed by atoms with van der Waals surface area (Å²) in [4.78, 5) is 1.33. The SMILES string of the molecule is C=C1CCSS1. The highest BCUT2D eigenvalue weighted by atomic mass is 33.1. The fraction of sp³-hybridized carbons (Fsp3) is 0.500. The monoisotopic (exact) mass is 118 g/mol. The van der Waals surface area contributed by atoms with Gasteiger partial charge in [0.15, 0.2) is 0 Å². The van der Waals surface area contributed by atoms with Gasteiger partial charge < -0.3 is 0 Å².